The first-order chi connectivity index (χ1) is 8.75. The van der Waals surface area contributed by atoms with Gasteiger partial charge in [-0.05, 0) is 56.5 Å². The van der Waals surface area contributed by atoms with Crippen LogP contribution in [0.15, 0.2) is 0 Å². The zero-order valence-electron chi connectivity index (χ0n) is 11.6. The van der Waals surface area contributed by atoms with Gasteiger partial charge in [0.1, 0.15) is 0 Å². The molecule has 18 heavy (non-hydrogen) atoms. The van der Waals surface area contributed by atoms with Gasteiger partial charge >= 0.3 is 5.97 Å². The molecular formula is C15H27NO2. The molecule has 0 bridgehead atoms. The van der Waals surface area contributed by atoms with Crippen LogP contribution in [0.25, 0.3) is 0 Å². The Morgan fingerprint density at radius 1 is 1.28 bits per heavy atom. The molecule has 0 aromatic heterocycles. The van der Waals surface area contributed by atoms with E-state index in [1.54, 1.807) is 0 Å². The summed E-state index contributed by atoms with van der Waals surface area (Å²) in [7, 11) is 0. The van der Waals surface area contributed by atoms with Crippen molar-refractivity contribution in [3.05, 3.63) is 0 Å². The van der Waals surface area contributed by atoms with Crippen molar-refractivity contribution in [3.63, 3.8) is 0 Å². The van der Waals surface area contributed by atoms with Gasteiger partial charge in [-0.1, -0.05) is 19.8 Å². The van der Waals surface area contributed by atoms with E-state index in [0.29, 0.717) is 30.8 Å². The number of nitrogens with one attached hydrogen (secondary N) is 1. The van der Waals surface area contributed by atoms with Crippen molar-refractivity contribution in [1.82, 2.24) is 5.32 Å². The number of hydrogen-bond acceptors (Lipinski definition) is 3. The van der Waals surface area contributed by atoms with Crippen molar-refractivity contribution in [2.75, 3.05) is 19.7 Å². The van der Waals surface area contributed by atoms with Gasteiger partial charge < -0.3 is 10.1 Å². The molecule has 1 saturated heterocycles. The maximum absolute atomic E-state index is 11.8. The Morgan fingerprint density at radius 3 is 2.72 bits per heavy atom. The molecular weight excluding hydrogens is 226 g/mol. The maximum atomic E-state index is 11.8. The zero-order valence-corrected chi connectivity index (χ0v) is 11.6. The van der Waals surface area contributed by atoms with Crippen LogP contribution < -0.4 is 5.32 Å². The van der Waals surface area contributed by atoms with Crippen LogP contribution in [0.3, 0.4) is 0 Å². The van der Waals surface area contributed by atoms with Crippen molar-refractivity contribution in [2.45, 2.75) is 51.9 Å². The van der Waals surface area contributed by atoms with E-state index >= 15 is 0 Å². The predicted molar refractivity (Wildman–Crippen MR) is 72.3 cm³/mol. The largest absolute Gasteiger partial charge is 0.465 e. The molecule has 0 spiro atoms. The molecule has 1 aliphatic heterocycles. The molecule has 2 unspecified atom stereocenters. The van der Waals surface area contributed by atoms with Gasteiger partial charge in [-0.3, -0.25) is 4.79 Å². The van der Waals surface area contributed by atoms with Gasteiger partial charge in [0, 0.05) is 6.42 Å². The van der Waals surface area contributed by atoms with Crippen molar-refractivity contribution in [3.8, 4) is 0 Å². The van der Waals surface area contributed by atoms with Gasteiger partial charge in [0.25, 0.3) is 0 Å². The summed E-state index contributed by atoms with van der Waals surface area (Å²) in [5, 5.41) is 3.41. The highest BCUT2D eigenvalue weighted by Gasteiger charge is 2.23. The molecule has 1 saturated carbocycles. The summed E-state index contributed by atoms with van der Waals surface area (Å²) >= 11 is 0. The minimum Gasteiger partial charge on any atom is -0.465 e. The summed E-state index contributed by atoms with van der Waals surface area (Å²) in [6, 6.07) is 0. The summed E-state index contributed by atoms with van der Waals surface area (Å²) in [5.74, 6) is 1.76. The van der Waals surface area contributed by atoms with Gasteiger partial charge in [-0.15, -0.1) is 0 Å². The molecule has 104 valence electrons. The smallest absolute Gasteiger partial charge is 0.306 e. The SMILES string of the molecule is CC(CC(=O)OCC1CCCC1)C1CCCNC1. The van der Waals surface area contributed by atoms with Crippen molar-refractivity contribution >= 4 is 5.97 Å². The minimum atomic E-state index is 0.0139. The first-order valence-corrected chi connectivity index (χ1v) is 7.62. The Balaban J connectivity index is 1.62. The monoisotopic (exact) mass is 253 g/mol. The number of carbonyl (C=O) groups is 1. The van der Waals surface area contributed by atoms with Crippen LogP contribution in [0.4, 0.5) is 0 Å². The van der Waals surface area contributed by atoms with Crippen molar-refractivity contribution in [1.29, 1.82) is 0 Å². The second kappa shape index (κ2) is 7.13. The van der Waals surface area contributed by atoms with Crippen LogP contribution in [0.1, 0.15) is 51.9 Å². The number of hydrogen-bond donors (Lipinski definition) is 1. The van der Waals surface area contributed by atoms with Gasteiger partial charge in [0.05, 0.1) is 6.61 Å². The lowest BCUT2D eigenvalue weighted by atomic mass is 9.85. The van der Waals surface area contributed by atoms with E-state index in [-0.39, 0.29) is 5.97 Å². The molecule has 2 fully saturated rings. The molecule has 0 aromatic rings. The van der Waals surface area contributed by atoms with Crippen LogP contribution in [-0.4, -0.2) is 25.7 Å². The molecule has 2 rings (SSSR count). The molecule has 1 heterocycles. The summed E-state index contributed by atoms with van der Waals surface area (Å²) in [6.07, 6.45) is 8.21. The fourth-order valence-electron chi connectivity index (χ4n) is 3.24. The lowest BCUT2D eigenvalue weighted by Gasteiger charge is -2.27. The molecule has 2 atom stereocenters. The summed E-state index contributed by atoms with van der Waals surface area (Å²) in [4.78, 5) is 11.8. The lowest BCUT2D eigenvalue weighted by molar-refractivity contribution is -0.146. The third-order valence-electron chi connectivity index (χ3n) is 4.58. The third-order valence-corrected chi connectivity index (χ3v) is 4.58. The Labute approximate surface area is 111 Å². The average Bonchev–Trinajstić information content (AvgIpc) is 2.90. The number of carbonyl (C=O) groups excluding carboxylic acids is 1. The second-order valence-electron chi connectivity index (χ2n) is 6.12. The van der Waals surface area contributed by atoms with E-state index in [0.717, 1.165) is 13.1 Å². The quantitative estimate of drug-likeness (QED) is 0.766. The van der Waals surface area contributed by atoms with Crippen molar-refractivity contribution in [2.24, 2.45) is 17.8 Å². The zero-order chi connectivity index (χ0) is 12.8. The third kappa shape index (κ3) is 4.27. The minimum absolute atomic E-state index is 0.0139. The molecule has 0 radical (unpaired) electrons. The Hall–Kier alpha value is -0.570. The van der Waals surface area contributed by atoms with Crippen LogP contribution in [-0.2, 0) is 9.53 Å². The summed E-state index contributed by atoms with van der Waals surface area (Å²) in [6.45, 7) is 5.05. The van der Waals surface area contributed by atoms with Crippen molar-refractivity contribution < 1.29 is 9.53 Å². The molecule has 1 aliphatic carbocycles. The highest BCUT2D eigenvalue weighted by atomic mass is 16.5. The molecule has 0 aromatic carbocycles. The average molecular weight is 253 g/mol. The molecule has 3 nitrogen and oxygen atoms in total. The van der Waals surface area contributed by atoms with Crippen LogP contribution in [0.2, 0.25) is 0 Å². The lowest BCUT2D eigenvalue weighted by Crippen LogP contribution is -2.34. The molecule has 3 heteroatoms. The van der Waals surface area contributed by atoms with Gasteiger partial charge in [0.2, 0.25) is 0 Å². The fraction of sp³-hybridized carbons (Fsp3) is 0.933. The van der Waals surface area contributed by atoms with Crippen LogP contribution >= 0.6 is 0 Å². The number of rotatable bonds is 5. The number of esters is 1. The molecule has 0 amide bonds. The number of ether oxygens (including phenoxy) is 1. The first kappa shape index (κ1) is 13.9. The Kier molecular flexibility index (Phi) is 5.48. The van der Waals surface area contributed by atoms with Gasteiger partial charge in [0.15, 0.2) is 0 Å². The Morgan fingerprint density at radius 2 is 2.06 bits per heavy atom. The van der Waals surface area contributed by atoms with E-state index in [2.05, 4.69) is 12.2 Å². The molecule has 2 aliphatic rings. The topological polar surface area (TPSA) is 38.3 Å². The predicted octanol–water partition coefficient (Wildman–Crippen LogP) is 2.75. The van der Waals surface area contributed by atoms with Gasteiger partial charge in [-0.2, -0.15) is 0 Å². The first-order valence-electron chi connectivity index (χ1n) is 7.62. The van der Waals surface area contributed by atoms with E-state index < -0.39 is 0 Å². The standard InChI is InChI=1S/C15H27NO2/c1-12(14-7-4-8-16-10-14)9-15(17)18-11-13-5-2-3-6-13/h12-14,16H,2-11H2,1H3. The Bertz CT molecular complexity index is 255. The maximum Gasteiger partial charge on any atom is 0.306 e. The van der Waals surface area contributed by atoms with Gasteiger partial charge in [-0.25, -0.2) is 0 Å². The van der Waals surface area contributed by atoms with Crippen LogP contribution in [0, 0.1) is 17.8 Å². The highest BCUT2D eigenvalue weighted by Crippen LogP contribution is 2.26. The summed E-state index contributed by atoms with van der Waals surface area (Å²) < 4.78 is 5.43. The number of piperidine rings is 1. The highest BCUT2D eigenvalue weighted by molar-refractivity contribution is 5.69. The normalized spacial score (nSPS) is 27.1. The molecule has 1 N–H and O–H groups in total. The second-order valence-corrected chi connectivity index (χ2v) is 6.12. The summed E-state index contributed by atoms with van der Waals surface area (Å²) in [5.41, 5.74) is 0. The van der Waals surface area contributed by atoms with E-state index in [1.165, 1.54) is 38.5 Å². The van der Waals surface area contributed by atoms with Crippen LogP contribution in [0.5, 0.6) is 0 Å². The van der Waals surface area contributed by atoms with E-state index in [1.807, 2.05) is 0 Å². The van der Waals surface area contributed by atoms with E-state index in [9.17, 15) is 4.79 Å². The van der Waals surface area contributed by atoms with E-state index in [4.69, 9.17) is 4.74 Å². The fourth-order valence-corrected chi connectivity index (χ4v) is 3.24.